The van der Waals surface area contributed by atoms with E-state index >= 15 is 0 Å². The van der Waals surface area contributed by atoms with Gasteiger partial charge in [0.2, 0.25) is 0 Å². The van der Waals surface area contributed by atoms with Gasteiger partial charge in [-0.15, -0.1) is 0 Å². The molecule has 0 aromatic carbocycles. The molecule has 0 aliphatic heterocycles. The summed E-state index contributed by atoms with van der Waals surface area (Å²) in [5.41, 5.74) is 0. The monoisotopic (exact) mass is 246 g/mol. The highest BCUT2D eigenvalue weighted by atomic mass is 79.9. The Bertz CT molecular complexity index is 250. The molecule has 0 radical (unpaired) electrons. The number of likely N-dealkylation sites (N-methyl/N-ethyl adjacent to an activating group) is 1. The van der Waals surface area contributed by atoms with E-state index in [1.807, 2.05) is 19.2 Å². The highest BCUT2D eigenvalue weighted by Gasteiger charge is 2.02. The fraction of sp³-hybridized carbons (Fsp3) is 0.556. The SMILES string of the molecule is CNCC(C)NCc1ccc(Br)o1. The molecule has 0 spiro atoms. The number of rotatable bonds is 5. The van der Waals surface area contributed by atoms with Crippen LogP contribution in [0.1, 0.15) is 12.7 Å². The third kappa shape index (κ3) is 3.93. The molecule has 2 N–H and O–H groups in total. The van der Waals surface area contributed by atoms with E-state index in [1.54, 1.807) is 0 Å². The van der Waals surface area contributed by atoms with Gasteiger partial charge in [-0.05, 0) is 42.0 Å². The van der Waals surface area contributed by atoms with Crippen molar-refractivity contribution in [2.24, 2.45) is 0 Å². The lowest BCUT2D eigenvalue weighted by Gasteiger charge is -2.11. The van der Waals surface area contributed by atoms with Crippen LogP contribution >= 0.6 is 15.9 Å². The van der Waals surface area contributed by atoms with E-state index in [-0.39, 0.29) is 0 Å². The first kappa shape index (κ1) is 10.8. The van der Waals surface area contributed by atoms with E-state index < -0.39 is 0 Å². The molecule has 13 heavy (non-hydrogen) atoms. The summed E-state index contributed by atoms with van der Waals surface area (Å²) in [5.74, 6) is 0.954. The van der Waals surface area contributed by atoms with E-state index in [2.05, 4.69) is 33.5 Å². The Balaban J connectivity index is 2.26. The molecule has 0 amide bonds. The zero-order valence-electron chi connectivity index (χ0n) is 7.93. The maximum atomic E-state index is 5.35. The largest absolute Gasteiger partial charge is 0.453 e. The summed E-state index contributed by atoms with van der Waals surface area (Å²) < 4.78 is 6.13. The number of furan rings is 1. The van der Waals surface area contributed by atoms with Crippen molar-refractivity contribution in [1.29, 1.82) is 0 Å². The highest BCUT2D eigenvalue weighted by Crippen LogP contribution is 2.13. The van der Waals surface area contributed by atoms with Crippen LogP contribution in [0.3, 0.4) is 0 Å². The second-order valence-corrected chi connectivity index (χ2v) is 3.83. The predicted molar refractivity (Wildman–Crippen MR) is 56.6 cm³/mol. The molecule has 1 atom stereocenters. The molecule has 0 aliphatic rings. The van der Waals surface area contributed by atoms with E-state index in [9.17, 15) is 0 Å². The third-order valence-electron chi connectivity index (χ3n) is 1.76. The molecule has 0 saturated carbocycles. The van der Waals surface area contributed by atoms with E-state index in [4.69, 9.17) is 4.42 Å². The molecular formula is C9H15BrN2O. The summed E-state index contributed by atoms with van der Waals surface area (Å²) in [6.45, 7) is 3.87. The molecule has 0 bridgehead atoms. The van der Waals surface area contributed by atoms with Crippen molar-refractivity contribution in [3.63, 3.8) is 0 Å². The molecule has 1 heterocycles. The van der Waals surface area contributed by atoms with Crippen molar-refractivity contribution in [1.82, 2.24) is 10.6 Å². The first-order chi connectivity index (χ1) is 6.22. The van der Waals surface area contributed by atoms with Crippen LogP contribution in [0.4, 0.5) is 0 Å². The van der Waals surface area contributed by atoms with Crippen LogP contribution in [0.5, 0.6) is 0 Å². The Morgan fingerprint density at radius 2 is 2.31 bits per heavy atom. The van der Waals surface area contributed by atoms with Gasteiger partial charge in [-0.3, -0.25) is 0 Å². The number of hydrogen-bond donors (Lipinski definition) is 2. The summed E-state index contributed by atoms with van der Waals surface area (Å²) in [7, 11) is 1.95. The molecule has 74 valence electrons. The molecular weight excluding hydrogens is 232 g/mol. The Hall–Kier alpha value is -0.320. The molecule has 3 nitrogen and oxygen atoms in total. The van der Waals surface area contributed by atoms with E-state index in [0.717, 1.165) is 23.5 Å². The number of hydrogen-bond acceptors (Lipinski definition) is 3. The maximum Gasteiger partial charge on any atom is 0.169 e. The molecule has 1 aromatic rings. The first-order valence-corrected chi connectivity index (χ1v) is 5.14. The lowest BCUT2D eigenvalue weighted by molar-refractivity contribution is 0.437. The number of nitrogens with one attached hydrogen (secondary N) is 2. The zero-order valence-corrected chi connectivity index (χ0v) is 9.52. The van der Waals surface area contributed by atoms with Crippen molar-refractivity contribution in [2.75, 3.05) is 13.6 Å². The molecule has 1 unspecified atom stereocenters. The van der Waals surface area contributed by atoms with Gasteiger partial charge in [-0.2, -0.15) is 0 Å². The second-order valence-electron chi connectivity index (χ2n) is 3.05. The van der Waals surface area contributed by atoms with Crippen LogP contribution in [-0.4, -0.2) is 19.6 Å². The van der Waals surface area contributed by atoms with Crippen molar-refractivity contribution in [3.05, 3.63) is 22.6 Å². The topological polar surface area (TPSA) is 37.2 Å². The molecule has 0 fully saturated rings. The molecule has 1 rings (SSSR count). The zero-order chi connectivity index (χ0) is 9.68. The summed E-state index contributed by atoms with van der Waals surface area (Å²) in [4.78, 5) is 0. The second kappa shape index (κ2) is 5.42. The minimum absolute atomic E-state index is 0.453. The minimum Gasteiger partial charge on any atom is -0.453 e. The first-order valence-electron chi connectivity index (χ1n) is 4.34. The predicted octanol–water partition coefficient (Wildman–Crippen LogP) is 1.74. The Morgan fingerprint density at radius 3 is 2.85 bits per heavy atom. The smallest absolute Gasteiger partial charge is 0.169 e. The fourth-order valence-electron chi connectivity index (χ4n) is 1.10. The maximum absolute atomic E-state index is 5.35. The van der Waals surface area contributed by atoms with Gasteiger partial charge in [0, 0.05) is 12.6 Å². The van der Waals surface area contributed by atoms with Gasteiger partial charge in [0.05, 0.1) is 6.54 Å². The molecule has 4 heteroatoms. The summed E-state index contributed by atoms with van der Waals surface area (Å²) >= 11 is 3.26. The Morgan fingerprint density at radius 1 is 1.54 bits per heavy atom. The van der Waals surface area contributed by atoms with Crippen molar-refractivity contribution in [3.8, 4) is 0 Å². The molecule has 0 saturated heterocycles. The van der Waals surface area contributed by atoms with Gasteiger partial charge in [-0.1, -0.05) is 0 Å². The normalized spacial score (nSPS) is 13.2. The third-order valence-corrected chi connectivity index (χ3v) is 2.19. The van der Waals surface area contributed by atoms with Crippen molar-refractivity contribution in [2.45, 2.75) is 19.5 Å². The van der Waals surface area contributed by atoms with E-state index in [0.29, 0.717) is 6.04 Å². The number of halogens is 1. The highest BCUT2D eigenvalue weighted by molar-refractivity contribution is 9.10. The lowest BCUT2D eigenvalue weighted by Crippen LogP contribution is -2.34. The molecule has 1 aromatic heterocycles. The Kier molecular flexibility index (Phi) is 4.48. The van der Waals surface area contributed by atoms with Crippen LogP contribution in [0.2, 0.25) is 0 Å². The van der Waals surface area contributed by atoms with Gasteiger partial charge in [0.15, 0.2) is 4.67 Å². The summed E-state index contributed by atoms with van der Waals surface area (Å²) in [6.07, 6.45) is 0. The quantitative estimate of drug-likeness (QED) is 0.832. The summed E-state index contributed by atoms with van der Waals surface area (Å²) in [5, 5.41) is 6.44. The van der Waals surface area contributed by atoms with Gasteiger partial charge in [0.1, 0.15) is 5.76 Å². The van der Waals surface area contributed by atoms with Crippen molar-refractivity contribution < 1.29 is 4.42 Å². The fourth-order valence-corrected chi connectivity index (χ4v) is 1.44. The molecule has 0 aliphatic carbocycles. The van der Waals surface area contributed by atoms with Crippen LogP contribution in [-0.2, 0) is 6.54 Å². The van der Waals surface area contributed by atoms with Crippen LogP contribution in [0.25, 0.3) is 0 Å². The van der Waals surface area contributed by atoms with Crippen LogP contribution in [0.15, 0.2) is 21.2 Å². The Labute approximate surface area is 87.0 Å². The van der Waals surface area contributed by atoms with Gasteiger partial charge >= 0.3 is 0 Å². The van der Waals surface area contributed by atoms with E-state index in [1.165, 1.54) is 0 Å². The lowest BCUT2D eigenvalue weighted by atomic mass is 10.3. The van der Waals surface area contributed by atoms with Crippen LogP contribution < -0.4 is 10.6 Å². The average molecular weight is 247 g/mol. The average Bonchev–Trinajstić information content (AvgIpc) is 2.49. The van der Waals surface area contributed by atoms with Crippen LogP contribution in [0, 0.1) is 0 Å². The van der Waals surface area contributed by atoms with Crippen molar-refractivity contribution >= 4 is 15.9 Å². The summed E-state index contributed by atoms with van der Waals surface area (Å²) in [6, 6.07) is 4.32. The standard InChI is InChI=1S/C9H15BrN2O/c1-7(5-11-2)12-6-8-3-4-9(10)13-8/h3-4,7,11-12H,5-6H2,1-2H3. The van der Waals surface area contributed by atoms with Gasteiger partial charge in [-0.25, -0.2) is 0 Å². The van der Waals surface area contributed by atoms with Gasteiger partial charge < -0.3 is 15.1 Å². The van der Waals surface area contributed by atoms with Gasteiger partial charge in [0.25, 0.3) is 0 Å². The minimum atomic E-state index is 0.453.